The minimum Gasteiger partial charge on any atom is -0.336 e. The molecule has 1 aliphatic heterocycles. The zero-order valence-corrected chi connectivity index (χ0v) is 15.3. The van der Waals surface area contributed by atoms with Gasteiger partial charge in [-0.2, -0.15) is 4.31 Å². The number of benzene rings is 1. The van der Waals surface area contributed by atoms with Crippen LogP contribution in [0, 0.1) is 17.0 Å². The molecule has 3 rings (SSSR count). The van der Waals surface area contributed by atoms with Crippen LogP contribution in [0.15, 0.2) is 41.8 Å². The summed E-state index contributed by atoms with van der Waals surface area (Å²) in [4.78, 5) is 16.6. The fourth-order valence-corrected chi connectivity index (χ4v) is 4.66. The first kappa shape index (κ1) is 18.5. The van der Waals surface area contributed by atoms with Crippen molar-refractivity contribution in [1.29, 1.82) is 0 Å². The van der Waals surface area contributed by atoms with Gasteiger partial charge in [-0.25, -0.2) is 13.4 Å². The standard InChI is InChI=1S/C16H21N5O4S/c1-14-2-3-15(21(22)23)12-16(14)26(24,25)20-10-8-18(9-11-20)6-7-19-5-4-17-13-19/h2-5,12-13H,6-11H2,1H3. The van der Waals surface area contributed by atoms with E-state index in [9.17, 15) is 18.5 Å². The first-order chi connectivity index (χ1) is 12.4. The first-order valence-electron chi connectivity index (χ1n) is 8.31. The Hall–Kier alpha value is -2.30. The summed E-state index contributed by atoms with van der Waals surface area (Å²) < 4.78 is 29.2. The number of hydrogen-bond acceptors (Lipinski definition) is 6. The Morgan fingerprint density at radius 1 is 1.19 bits per heavy atom. The number of nitro benzene ring substituents is 1. The molecule has 0 amide bonds. The van der Waals surface area contributed by atoms with Gasteiger partial charge in [-0.15, -0.1) is 0 Å². The summed E-state index contributed by atoms with van der Waals surface area (Å²) in [6, 6.07) is 3.95. The molecule has 0 unspecified atom stereocenters. The van der Waals surface area contributed by atoms with Crippen LogP contribution in [0.5, 0.6) is 0 Å². The van der Waals surface area contributed by atoms with Crippen molar-refractivity contribution in [3.05, 3.63) is 52.6 Å². The predicted octanol–water partition coefficient (Wildman–Crippen LogP) is 1.11. The second-order valence-electron chi connectivity index (χ2n) is 6.25. The number of piperazine rings is 1. The fourth-order valence-electron chi connectivity index (χ4n) is 2.99. The van der Waals surface area contributed by atoms with Gasteiger partial charge < -0.3 is 4.57 Å². The average molecular weight is 379 g/mol. The maximum atomic E-state index is 12.9. The van der Waals surface area contributed by atoms with E-state index in [1.165, 1.54) is 16.4 Å². The van der Waals surface area contributed by atoms with Crippen molar-refractivity contribution >= 4 is 15.7 Å². The van der Waals surface area contributed by atoms with Crippen molar-refractivity contribution < 1.29 is 13.3 Å². The Balaban J connectivity index is 1.66. The van der Waals surface area contributed by atoms with Crippen molar-refractivity contribution in [2.24, 2.45) is 0 Å². The lowest BCUT2D eigenvalue weighted by molar-refractivity contribution is -0.385. The maximum Gasteiger partial charge on any atom is 0.270 e. The third-order valence-corrected chi connectivity index (χ3v) is 6.61. The lowest BCUT2D eigenvalue weighted by Gasteiger charge is -2.34. The van der Waals surface area contributed by atoms with Gasteiger partial charge in [-0.05, 0) is 12.5 Å². The summed E-state index contributed by atoms with van der Waals surface area (Å²) in [6.07, 6.45) is 5.38. The van der Waals surface area contributed by atoms with E-state index < -0.39 is 14.9 Å². The van der Waals surface area contributed by atoms with Crippen LogP contribution in [0.2, 0.25) is 0 Å². The Labute approximate surface area is 152 Å². The molecule has 1 fully saturated rings. The molecule has 2 heterocycles. The maximum absolute atomic E-state index is 12.9. The van der Waals surface area contributed by atoms with E-state index in [4.69, 9.17) is 0 Å². The van der Waals surface area contributed by atoms with Crippen LogP contribution in [0.3, 0.4) is 0 Å². The largest absolute Gasteiger partial charge is 0.336 e. The Kier molecular flexibility index (Phi) is 5.35. The molecule has 1 aliphatic rings. The highest BCUT2D eigenvalue weighted by atomic mass is 32.2. The summed E-state index contributed by atoms with van der Waals surface area (Å²) in [5.41, 5.74) is 0.297. The molecule has 0 aliphatic carbocycles. The van der Waals surface area contributed by atoms with E-state index in [0.29, 0.717) is 31.7 Å². The molecule has 2 aromatic rings. The molecular formula is C16H21N5O4S. The smallest absolute Gasteiger partial charge is 0.270 e. The first-order valence-corrected chi connectivity index (χ1v) is 9.75. The SMILES string of the molecule is Cc1ccc([N+](=O)[O-])cc1S(=O)(=O)N1CCN(CCn2ccnc2)CC1. The number of aryl methyl sites for hydroxylation is 1. The Morgan fingerprint density at radius 2 is 1.92 bits per heavy atom. The van der Waals surface area contributed by atoms with Crippen LogP contribution in [-0.2, 0) is 16.6 Å². The number of rotatable bonds is 6. The van der Waals surface area contributed by atoms with Gasteiger partial charge in [0, 0.05) is 63.8 Å². The van der Waals surface area contributed by atoms with E-state index in [0.717, 1.165) is 19.2 Å². The zero-order valence-electron chi connectivity index (χ0n) is 14.5. The number of imidazole rings is 1. The molecule has 0 saturated carbocycles. The van der Waals surface area contributed by atoms with Crippen molar-refractivity contribution in [1.82, 2.24) is 18.8 Å². The van der Waals surface area contributed by atoms with Gasteiger partial charge in [-0.1, -0.05) is 6.07 Å². The van der Waals surface area contributed by atoms with Crippen LogP contribution in [0.25, 0.3) is 0 Å². The Morgan fingerprint density at radius 3 is 2.54 bits per heavy atom. The summed E-state index contributed by atoms with van der Waals surface area (Å²) in [7, 11) is -3.74. The van der Waals surface area contributed by atoms with Gasteiger partial charge in [0.25, 0.3) is 5.69 Å². The molecule has 26 heavy (non-hydrogen) atoms. The number of aromatic nitrogens is 2. The monoisotopic (exact) mass is 379 g/mol. The quantitative estimate of drug-likeness (QED) is 0.550. The summed E-state index contributed by atoms with van der Waals surface area (Å²) in [5.74, 6) is 0. The number of nitro groups is 1. The Bertz CT molecular complexity index is 874. The van der Waals surface area contributed by atoms with Gasteiger partial charge in [0.05, 0.1) is 16.1 Å². The van der Waals surface area contributed by atoms with E-state index in [2.05, 4.69) is 9.88 Å². The van der Waals surface area contributed by atoms with Gasteiger partial charge in [-0.3, -0.25) is 15.0 Å². The van der Waals surface area contributed by atoms with Gasteiger partial charge in [0.2, 0.25) is 10.0 Å². The zero-order chi connectivity index (χ0) is 18.7. The third kappa shape index (κ3) is 3.92. The van der Waals surface area contributed by atoms with Crippen molar-refractivity contribution in [3.63, 3.8) is 0 Å². The molecule has 1 saturated heterocycles. The molecular weight excluding hydrogens is 358 g/mol. The lowest BCUT2D eigenvalue weighted by Crippen LogP contribution is -2.49. The van der Waals surface area contributed by atoms with Gasteiger partial charge >= 0.3 is 0 Å². The molecule has 140 valence electrons. The molecule has 0 radical (unpaired) electrons. The molecule has 0 atom stereocenters. The van der Waals surface area contributed by atoms with Crippen LogP contribution in [-0.4, -0.2) is 64.8 Å². The van der Waals surface area contributed by atoms with Gasteiger partial charge in [0.1, 0.15) is 0 Å². The third-order valence-electron chi connectivity index (χ3n) is 4.57. The second-order valence-corrected chi connectivity index (χ2v) is 8.16. The van der Waals surface area contributed by atoms with E-state index in [-0.39, 0.29) is 10.6 Å². The second kappa shape index (κ2) is 7.52. The molecule has 1 aromatic heterocycles. The molecule has 10 heteroatoms. The molecule has 0 spiro atoms. The predicted molar refractivity (Wildman–Crippen MR) is 95.3 cm³/mol. The number of hydrogen-bond donors (Lipinski definition) is 0. The topological polar surface area (TPSA) is 102 Å². The summed E-state index contributed by atoms with van der Waals surface area (Å²) in [6.45, 7) is 5.27. The van der Waals surface area contributed by atoms with E-state index >= 15 is 0 Å². The minimum absolute atomic E-state index is 0.0126. The summed E-state index contributed by atoms with van der Waals surface area (Å²) in [5, 5.41) is 11.0. The van der Waals surface area contributed by atoms with Crippen LogP contribution >= 0.6 is 0 Å². The highest BCUT2D eigenvalue weighted by molar-refractivity contribution is 7.89. The normalized spacial score (nSPS) is 16.7. The van der Waals surface area contributed by atoms with Crippen molar-refractivity contribution in [2.75, 3.05) is 32.7 Å². The lowest BCUT2D eigenvalue weighted by atomic mass is 10.2. The van der Waals surface area contributed by atoms with E-state index in [1.807, 2.05) is 10.8 Å². The minimum atomic E-state index is -3.74. The van der Waals surface area contributed by atoms with Crippen LogP contribution < -0.4 is 0 Å². The number of nitrogens with zero attached hydrogens (tertiary/aromatic N) is 5. The number of sulfonamides is 1. The highest BCUT2D eigenvalue weighted by Gasteiger charge is 2.30. The average Bonchev–Trinajstić information content (AvgIpc) is 3.14. The van der Waals surface area contributed by atoms with E-state index in [1.54, 1.807) is 19.4 Å². The number of non-ortho nitro benzene ring substituents is 1. The molecule has 0 N–H and O–H groups in total. The van der Waals surface area contributed by atoms with Crippen molar-refractivity contribution in [2.45, 2.75) is 18.4 Å². The van der Waals surface area contributed by atoms with Crippen LogP contribution in [0.4, 0.5) is 5.69 Å². The summed E-state index contributed by atoms with van der Waals surface area (Å²) >= 11 is 0. The molecule has 9 nitrogen and oxygen atoms in total. The molecule has 0 bridgehead atoms. The fraction of sp³-hybridized carbons (Fsp3) is 0.438. The van der Waals surface area contributed by atoms with Crippen LogP contribution in [0.1, 0.15) is 5.56 Å². The van der Waals surface area contributed by atoms with Gasteiger partial charge in [0.15, 0.2) is 0 Å². The highest BCUT2D eigenvalue weighted by Crippen LogP contribution is 2.25. The van der Waals surface area contributed by atoms with Crippen molar-refractivity contribution in [3.8, 4) is 0 Å². The molecule has 1 aromatic carbocycles.